The predicted molar refractivity (Wildman–Crippen MR) is 48.7 cm³/mol. The molecule has 0 aliphatic carbocycles. The predicted octanol–water partition coefficient (Wildman–Crippen LogP) is 0.897. The number of aromatic hydroxyl groups is 1. The van der Waals surface area contributed by atoms with Crippen LogP contribution in [0.2, 0.25) is 0 Å². The van der Waals surface area contributed by atoms with Gasteiger partial charge in [0.05, 0.1) is 6.42 Å². The van der Waals surface area contributed by atoms with Crippen molar-refractivity contribution in [1.82, 2.24) is 0 Å². The lowest BCUT2D eigenvalue weighted by atomic mass is 10.2. The Labute approximate surface area is 84.5 Å². The maximum Gasteiger partial charge on any atom is 0.229 e. The molecule has 78 valence electrons. The lowest BCUT2D eigenvalue weighted by Crippen LogP contribution is -2.08. The van der Waals surface area contributed by atoms with Crippen LogP contribution in [0.3, 0.4) is 0 Å². The second-order valence-electron chi connectivity index (χ2n) is 2.74. The summed E-state index contributed by atoms with van der Waals surface area (Å²) in [7, 11) is 0. The Morgan fingerprint density at radius 3 is 2.67 bits per heavy atom. The fourth-order valence-electron chi connectivity index (χ4n) is 0.880. The fraction of sp³-hybridized carbons (Fsp3) is 0.100. The summed E-state index contributed by atoms with van der Waals surface area (Å²) < 4.78 is 25.3. The van der Waals surface area contributed by atoms with Crippen molar-refractivity contribution in [2.45, 2.75) is 6.42 Å². The van der Waals surface area contributed by atoms with E-state index in [1.54, 1.807) is 0 Å². The largest absolute Gasteiger partial charge is 0.505 e. The molecule has 0 fully saturated rings. The van der Waals surface area contributed by atoms with Gasteiger partial charge in [-0.15, -0.1) is 0 Å². The van der Waals surface area contributed by atoms with Crippen LogP contribution >= 0.6 is 0 Å². The van der Waals surface area contributed by atoms with Gasteiger partial charge in [-0.3, -0.25) is 4.79 Å². The van der Waals surface area contributed by atoms with Crippen molar-refractivity contribution >= 4 is 5.91 Å². The molecule has 3 N–H and O–H groups in total. The van der Waals surface area contributed by atoms with E-state index in [-0.39, 0.29) is 12.0 Å². The summed E-state index contributed by atoms with van der Waals surface area (Å²) in [6.07, 6.45) is -0.181. The van der Waals surface area contributed by atoms with Crippen LogP contribution in [0.4, 0.5) is 8.78 Å². The molecule has 1 rings (SSSR count). The first kappa shape index (κ1) is 11.0. The SMILES string of the molecule is NC(=O)CC#Cc1cc(O)c(F)c(F)c1. The van der Waals surface area contributed by atoms with Crippen LogP contribution in [-0.2, 0) is 4.79 Å². The van der Waals surface area contributed by atoms with Gasteiger partial charge < -0.3 is 10.8 Å². The molecule has 1 aromatic rings. The number of benzene rings is 1. The zero-order valence-electron chi connectivity index (χ0n) is 7.55. The summed E-state index contributed by atoms with van der Waals surface area (Å²) in [4.78, 5) is 10.3. The van der Waals surface area contributed by atoms with Gasteiger partial charge in [0, 0.05) is 5.56 Å². The van der Waals surface area contributed by atoms with Crippen molar-refractivity contribution in [3.8, 4) is 17.6 Å². The van der Waals surface area contributed by atoms with Crippen LogP contribution in [0.1, 0.15) is 12.0 Å². The number of primary amides is 1. The van der Waals surface area contributed by atoms with E-state index in [0.717, 1.165) is 12.1 Å². The first-order valence-corrected chi connectivity index (χ1v) is 3.96. The normalized spacial score (nSPS) is 9.20. The highest BCUT2D eigenvalue weighted by molar-refractivity contribution is 5.76. The van der Waals surface area contributed by atoms with Crippen molar-refractivity contribution in [3.05, 3.63) is 29.3 Å². The first-order chi connectivity index (χ1) is 7.00. The number of rotatable bonds is 1. The number of nitrogens with two attached hydrogens (primary N) is 1. The zero-order valence-corrected chi connectivity index (χ0v) is 7.55. The summed E-state index contributed by atoms with van der Waals surface area (Å²) in [5, 5.41) is 8.92. The van der Waals surface area contributed by atoms with E-state index >= 15 is 0 Å². The number of phenols is 1. The fourth-order valence-corrected chi connectivity index (χ4v) is 0.880. The number of hydrogen-bond acceptors (Lipinski definition) is 2. The van der Waals surface area contributed by atoms with Crippen molar-refractivity contribution < 1.29 is 18.7 Å². The van der Waals surface area contributed by atoms with Crippen LogP contribution in [-0.4, -0.2) is 11.0 Å². The third kappa shape index (κ3) is 2.95. The Morgan fingerprint density at radius 1 is 1.47 bits per heavy atom. The van der Waals surface area contributed by atoms with Gasteiger partial charge in [-0.05, 0) is 12.1 Å². The van der Waals surface area contributed by atoms with Gasteiger partial charge in [-0.25, -0.2) is 4.39 Å². The van der Waals surface area contributed by atoms with Gasteiger partial charge in [0.15, 0.2) is 17.4 Å². The van der Waals surface area contributed by atoms with Gasteiger partial charge in [-0.2, -0.15) is 4.39 Å². The van der Waals surface area contributed by atoms with E-state index in [0.29, 0.717) is 0 Å². The third-order valence-corrected chi connectivity index (χ3v) is 1.50. The quantitative estimate of drug-likeness (QED) is 0.678. The standard InChI is InChI=1S/C10H7F2NO2/c11-7-4-6(2-1-3-9(13)15)5-8(14)10(7)12/h4-5,14H,3H2,(H2,13,15). The minimum Gasteiger partial charge on any atom is -0.505 e. The molecule has 0 unspecified atom stereocenters. The Bertz CT molecular complexity index is 437. The highest BCUT2D eigenvalue weighted by Crippen LogP contribution is 2.19. The molecule has 15 heavy (non-hydrogen) atoms. The topological polar surface area (TPSA) is 63.3 Å². The Kier molecular flexibility index (Phi) is 3.24. The van der Waals surface area contributed by atoms with Crippen molar-refractivity contribution in [3.63, 3.8) is 0 Å². The molecule has 0 heterocycles. The Balaban J connectivity index is 2.95. The molecule has 0 aliphatic rings. The number of halogens is 2. The van der Waals surface area contributed by atoms with Gasteiger partial charge in [0.1, 0.15) is 0 Å². The second-order valence-corrected chi connectivity index (χ2v) is 2.74. The van der Waals surface area contributed by atoms with Crippen molar-refractivity contribution in [1.29, 1.82) is 0 Å². The van der Waals surface area contributed by atoms with E-state index in [4.69, 9.17) is 10.8 Å². The summed E-state index contributed by atoms with van der Waals surface area (Å²) in [5.41, 5.74) is 4.89. The maximum absolute atomic E-state index is 12.7. The molecule has 1 amide bonds. The van der Waals surface area contributed by atoms with Gasteiger partial charge in [0.2, 0.25) is 5.91 Å². The average Bonchev–Trinajstić information content (AvgIpc) is 2.13. The van der Waals surface area contributed by atoms with Crippen LogP contribution in [0, 0.1) is 23.5 Å². The van der Waals surface area contributed by atoms with Gasteiger partial charge in [-0.1, -0.05) is 11.8 Å². The number of hydrogen-bond donors (Lipinski definition) is 2. The number of carbonyl (C=O) groups excluding carboxylic acids is 1. The molecule has 0 radical (unpaired) electrons. The molecular weight excluding hydrogens is 204 g/mol. The van der Waals surface area contributed by atoms with Crippen molar-refractivity contribution in [2.75, 3.05) is 0 Å². The molecule has 5 heteroatoms. The van der Waals surface area contributed by atoms with Gasteiger partial charge >= 0.3 is 0 Å². The third-order valence-electron chi connectivity index (χ3n) is 1.50. The molecule has 0 spiro atoms. The summed E-state index contributed by atoms with van der Waals surface area (Å²) in [5.74, 6) is 0.761. The molecule has 0 saturated carbocycles. The molecule has 0 aliphatic heterocycles. The lowest BCUT2D eigenvalue weighted by molar-refractivity contribution is -0.117. The lowest BCUT2D eigenvalue weighted by Gasteiger charge is -1.97. The number of phenolic OH excluding ortho intramolecular Hbond substituents is 1. The van der Waals surface area contributed by atoms with Crippen LogP contribution in [0.25, 0.3) is 0 Å². The second kappa shape index (κ2) is 4.42. The van der Waals surface area contributed by atoms with Crippen LogP contribution in [0.15, 0.2) is 12.1 Å². The average molecular weight is 211 g/mol. The van der Waals surface area contributed by atoms with Crippen LogP contribution < -0.4 is 5.73 Å². The van der Waals surface area contributed by atoms with E-state index in [1.807, 2.05) is 0 Å². The van der Waals surface area contributed by atoms with Crippen molar-refractivity contribution in [2.24, 2.45) is 5.73 Å². The highest BCUT2D eigenvalue weighted by atomic mass is 19.2. The molecule has 0 aromatic heterocycles. The minimum absolute atomic E-state index is 0.0765. The monoisotopic (exact) mass is 211 g/mol. The van der Waals surface area contributed by atoms with E-state index < -0.39 is 23.3 Å². The smallest absolute Gasteiger partial charge is 0.229 e. The zero-order chi connectivity index (χ0) is 11.4. The molecule has 3 nitrogen and oxygen atoms in total. The van der Waals surface area contributed by atoms with Gasteiger partial charge in [0.25, 0.3) is 0 Å². The first-order valence-electron chi connectivity index (χ1n) is 3.96. The van der Waals surface area contributed by atoms with E-state index in [9.17, 15) is 13.6 Å². The molecule has 0 saturated heterocycles. The number of amides is 1. The van der Waals surface area contributed by atoms with Crippen LogP contribution in [0.5, 0.6) is 5.75 Å². The highest BCUT2D eigenvalue weighted by Gasteiger charge is 2.08. The Hall–Kier alpha value is -2.09. The Morgan fingerprint density at radius 2 is 2.13 bits per heavy atom. The summed E-state index contributed by atoms with van der Waals surface area (Å²) >= 11 is 0. The molecule has 0 bridgehead atoms. The number of carbonyl (C=O) groups is 1. The molecule has 0 atom stereocenters. The van der Waals surface area contributed by atoms with E-state index in [2.05, 4.69) is 11.8 Å². The molecule has 1 aromatic carbocycles. The van der Waals surface area contributed by atoms with E-state index in [1.165, 1.54) is 0 Å². The maximum atomic E-state index is 12.7. The molecular formula is C10H7F2NO2. The minimum atomic E-state index is -1.32. The summed E-state index contributed by atoms with van der Waals surface area (Å²) in [6.45, 7) is 0. The summed E-state index contributed by atoms with van der Waals surface area (Å²) in [6, 6.07) is 1.79.